The molecule has 1 aromatic heterocycles. The predicted molar refractivity (Wildman–Crippen MR) is 127 cm³/mol. The Balaban J connectivity index is 1.63. The Morgan fingerprint density at radius 2 is 1.88 bits per heavy atom. The molecule has 0 spiro atoms. The lowest BCUT2D eigenvalue weighted by Gasteiger charge is -2.23. The van der Waals surface area contributed by atoms with Crippen molar-refractivity contribution in [3.05, 3.63) is 77.6 Å². The van der Waals surface area contributed by atoms with Crippen molar-refractivity contribution in [3.63, 3.8) is 0 Å². The van der Waals surface area contributed by atoms with Crippen molar-refractivity contribution in [3.8, 4) is 5.75 Å². The molecule has 9 heteroatoms. The lowest BCUT2D eigenvalue weighted by molar-refractivity contribution is 0.0724. The van der Waals surface area contributed by atoms with Crippen molar-refractivity contribution in [1.29, 1.82) is 0 Å². The second-order valence-electron chi connectivity index (χ2n) is 8.32. The van der Waals surface area contributed by atoms with Gasteiger partial charge in [0, 0.05) is 25.3 Å². The Hall–Kier alpha value is -3.17. The maximum Gasteiger partial charge on any atom is 0.254 e. The summed E-state index contributed by atoms with van der Waals surface area (Å²) in [5.41, 5.74) is 1.89. The van der Waals surface area contributed by atoms with E-state index in [1.54, 1.807) is 61.4 Å². The van der Waals surface area contributed by atoms with E-state index in [4.69, 9.17) is 9.47 Å². The number of benzene rings is 2. The molecule has 0 atom stereocenters. The molecule has 3 aromatic rings. The van der Waals surface area contributed by atoms with Crippen molar-refractivity contribution in [2.75, 3.05) is 20.8 Å². The molecule has 4 rings (SSSR count). The number of carbonyl (C=O) groups is 1. The zero-order valence-electron chi connectivity index (χ0n) is 19.4. The van der Waals surface area contributed by atoms with Gasteiger partial charge in [0.2, 0.25) is 15.0 Å². The zero-order valence-corrected chi connectivity index (χ0v) is 20.2. The summed E-state index contributed by atoms with van der Waals surface area (Å²) in [6.45, 7) is 0.918. The van der Waals surface area contributed by atoms with Crippen LogP contribution in [0.2, 0.25) is 0 Å². The van der Waals surface area contributed by atoms with Crippen LogP contribution in [0.25, 0.3) is 0 Å². The summed E-state index contributed by atoms with van der Waals surface area (Å²) >= 11 is 0. The van der Waals surface area contributed by atoms with E-state index >= 15 is 0 Å². The van der Waals surface area contributed by atoms with Crippen LogP contribution in [0.15, 0.2) is 66.0 Å². The number of sulfone groups is 1. The number of hydrogen-bond donors (Lipinski definition) is 0. The summed E-state index contributed by atoms with van der Waals surface area (Å²) in [7, 11) is -0.647. The second-order valence-corrected chi connectivity index (χ2v) is 10.2. The maximum atomic E-state index is 13.3. The molecular weight excluding hydrogens is 454 g/mol. The fraction of sp³-hybridized carbons (Fsp3) is 0.360. The Morgan fingerprint density at radius 1 is 1.12 bits per heavy atom. The summed E-state index contributed by atoms with van der Waals surface area (Å²) < 4.78 is 38.8. The fourth-order valence-corrected chi connectivity index (χ4v) is 5.41. The maximum absolute atomic E-state index is 13.3. The topological polar surface area (TPSA) is 90.7 Å². The van der Waals surface area contributed by atoms with Crippen LogP contribution in [0.3, 0.4) is 0 Å². The van der Waals surface area contributed by atoms with Crippen LogP contribution in [-0.4, -0.2) is 55.6 Å². The van der Waals surface area contributed by atoms with E-state index in [-0.39, 0.29) is 29.4 Å². The number of hydrogen-bond acceptors (Lipinski definition) is 6. The number of carbonyl (C=O) groups excluding carboxylic acids is 1. The minimum absolute atomic E-state index is 0.0229. The number of rotatable bonds is 11. The number of amides is 1. The van der Waals surface area contributed by atoms with Gasteiger partial charge in [0.15, 0.2) is 0 Å². The smallest absolute Gasteiger partial charge is 0.254 e. The highest BCUT2D eigenvalue weighted by atomic mass is 32.2. The highest BCUT2D eigenvalue weighted by molar-refractivity contribution is 7.90. The Morgan fingerprint density at radius 3 is 2.56 bits per heavy atom. The lowest BCUT2D eigenvalue weighted by Crippen LogP contribution is -2.33. The van der Waals surface area contributed by atoms with E-state index in [0.29, 0.717) is 35.7 Å². The third-order valence-electron chi connectivity index (χ3n) is 5.79. The van der Waals surface area contributed by atoms with Gasteiger partial charge in [-0.05, 0) is 42.7 Å². The van der Waals surface area contributed by atoms with Crippen LogP contribution >= 0.6 is 0 Å². The van der Waals surface area contributed by atoms with Gasteiger partial charge in [0.05, 0.1) is 37.9 Å². The highest BCUT2D eigenvalue weighted by Gasteiger charge is 2.34. The molecule has 0 saturated heterocycles. The minimum Gasteiger partial charge on any atom is -0.497 e. The van der Waals surface area contributed by atoms with Gasteiger partial charge in [0.25, 0.3) is 5.91 Å². The first-order valence-corrected chi connectivity index (χ1v) is 12.8. The quantitative estimate of drug-likeness (QED) is 0.416. The molecule has 0 aliphatic heterocycles. The fourth-order valence-electron chi connectivity index (χ4n) is 3.91. The van der Waals surface area contributed by atoms with Gasteiger partial charge in [-0.1, -0.05) is 30.3 Å². The molecule has 0 unspecified atom stereocenters. The Labute approximate surface area is 200 Å². The molecular formula is C25H29N3O5S. The summed E-state index contributed by atoms with van der Waals surface area (Å²) in [5, 5.41) is -0.0229. The Bertz CT molecular complexity index is 1240. The van der Waals surface area contributed by atoms with Crippen LogP contribution < -0.4 is 4.74 Å². The number of ether oxygens (including phenoxy) is 2. The van der Waals surface area contributed by atoms with Gasteiger partial charge < -0.3 is 18.9 Å². The SMILES string of the molecule is COCCn1c(CN(C(=O)c2ccccc2)C2CC2)cnc1S(=O)(=O)Cc1cccc(OC)c1. The summed E-state index contributed by atoms with van der Waals surface area (Å²) in [6, 6.07) is 16.3. The van der Waals surface area contributed by atoms with Gasteiger partial charge in [-0.3, -0.25) is 4.79 Å². The van der Waals surface area contributed by atoms with E-state index in [2.05, 4.69) is 4.98 Å². The number of methoxy groups -OCH3 is 2. The van der Waals surface area contributed by atoms with E-state index in [0.717, 1.165) is 12.8 Å². The molecule has 1 aliphatic carbocycles. The molecule has 34 heavy (non-hydrogen) atoms. The third kappa shape index (κ3) is 5.48. The third-order valence-corrected chi connectivity index (χ3v) is 7.39. The minimum atomic E-state index is -3.75. The van der Waals surface area contributed by atoms with E-state index in [1.807, 2.05) is 23.1 Å². The van der Waals surface area contributed by atoms with Crippen LogP contribution in [0, 0.1) is 0 Å². The molecule has 1 heterocycles. The van der Waals surface area contributed by atoms with Gasteiger partial charge >= 0.3 is 0 Å². The largest absolute Gasteiger partial charge is 0.497 e. The van der Waals surface area contributed by atoms with Crippen molar-refractivity contribution >= 4 is 15.7 Å². The summed E-state index contributed by atoms with van der Waals surface area (Å²) in [4.78, 5) is 19.3. The molecule has 1 fully saturated rings. The molecule has 0 bridgehead atoms. The first-order chi connectivity index (χ1) is 16.4. The molecule has 2 aromatic carbocycles. The number of nitrogens with zero attached hydrogens (tertiary/aromatic N) is 3. The van der Waals surface area contributed by atoms with Gasteiger partial charge in [-0.15, -0.1) is 0 Å². The molecule has 0 radical (unpaired) electrons. The molecule has 8 nitrogen and oxygen atoms in total. The monoisotopic (exact) mass is 483 g/mol. The van der Waals surface area contributed by atoms with E-state index in [1.165, 1.54) is 0 Å². The van der Waals surface area contributed by atoms with Crippen LogP contribution in [-0.2, 0) is 33.4 Å². The lowest BCUT2D eigenvalue weighted by atomic mass is 10.2. The number of aromatic nitrogens is 2. The van der Waals surface area contributed by atoms with Crippen molar-refractivity contribution < 1.29 is 22.7 Å². The molecule has 1 saturated carbocycles. The Kier molecular flexibility index (Phi) is 7.33. The first-order valence-electron chi connectivity index (χ1n) is 11.2. The summed E-state index contributed by atoms with van der Waals surface area (Å²) in [6.07, 6.45) is 3.43. The van der Waals surface area contributed by atoms with Gasteiger partial charge in [-0.2, -0.15) is 0 Å². The van der Waals surface area contributed by atoms with E-state index < -0.39 is 9.84 Å². The zero-order chi connectivity index (χ0) is 24.1. The average molecular weight is 484 g/mol. The van der Waals surface area contributed by atoms with Crippen molar-refractivity contribution in [2.24, 2.45) is 0 Å². The van der Waals surface area contributed by atoms with E-state index in [9.17, 15) is 13.2 Å². The average Bonchev–Trinajstić information content (AvgIpc) is 3.60. The van der Waals surface area contributed by atoms with Gasteiger partial charge in [0.1, 0.15) is 5.75 Å². The predicted octanol–water partition coefficient (Wildman–Crippen LogP) is 3.32. The molecule has 1 aliphatic rings. The van der Waals surface area contributed by atoms with Crippen LogP contribution in [0.4, 0.5) is 0 Å². The first kappa shape index (κ1) is 24.0. The molecule has 180 valence electrons. The van der Waals surface area contributed by atoms with Crippen molar-refractivity contribution in [1.82, 2.24) is 14.5 Å². The normalized spacial score (nSPS) is 13.6. The second kappa shape index (κ2) is 10.4. The molecule has 0 N–H and O–H groups in total. The summed E-state index contributed by atoms with van der Waals surface area (Å²) in [5.74, 6) is 0.321. The van der Waals surface area contributed by atoms with Crippen LogP contribution in [0.1, 0.15) is 34.5 Å². The van der Waals surface area contributed by atoms with Gasteiger partial charge in [-0.25, -0.2) is 13.4 Å². The number of imidazole rings is 1. The standard InChI is InChI=1S/C25H29N3O5S/c1-32-14-13-27-22(17-28(21-11-12-21)24(29)20-8-4-3-5-9-20)16-26-25(27)34(30,31)18-19-7-6-10-23(15-19)33-2/h3-10,15-16,21H,11-14,17-18H2,1-2H3. The highest BCUT2D eigenvalue weighted by Crippen LogP contribution is 2.30. The molecule has 1 amide bonds. The van der Waals surface area contributed by atoms with Crippen LogP contribution in [0.5, 0.6) is 5.75 Å². The van der Waals surface area contributed by atoms with Crippen molar-refractivity contribution in [2.45, 2.75) is 42.9 Å².